The van der Waals surface area contributed by atoms with E-state index in [4.69, 9.17) is 23.8 Å². The van der Waals surface area contributed by atoms with Gasteiger partial charge in [-0.2, -0.15) is 0 Å². The van der Waals surface area contributed by atoms with E-state index in [-0.39, 0.29) is 10.8 Å². The van der Waals surface area contributed by atoms with E-state index in [2.05, 4.69) is 4.98 Å². The molecule has 0 saturated heterocycles. The summed E-state index contributed by atoms with van der Waals surface area (Å²) in [7, 11) is 0. The zero-order valence-electron chi connectivity index (χ0n) is 11.1. The molecule has 0 saturated carbocycles. The van der Waals surface area contributed by atoms with Gasteiger partial charge in [-0.05, 0) is 54.5 Å². The third kappa shape index (κ3) is 2.59. The largest absolute Gasteiger partial charge is 0.330 e. The van der Waals surface area contributed by atoms with Crippen LogP contribution in [-0.2, 0) is 6.54 Å². The maximum atomic E-state index is 13.6. The summed E-state index contributed by atoms with van der Waals surface area (Å²) >= 11 is 11.1. The van der Waals surface area contributed by atoms with E-state index in [9.17, 15) is 8.78 Å². The fourth-order valence-corrected chi connectivity index (χ4v) is 2.74. The third-order valence-electron chi connectivity index (χ3n) is 3.38. The predicted molar refractivity (Wildman–Crippen MR) is 82.3 cm³/mol. The van der Waals surface area contributed by atoms with Crippen molar-refractivity contribution in [1.82, 2.24) is 9.55 Å². The maximum absolute atomic E-state index is 13.6. The van der Waals surface area contributed by atoms with Crippen molar-refractivity contribution in [2.24, 2.45) is 0 Å². The summed E-state index contributed by atoms with van der Waals surface area (Å²) in [6.07, 6.45) is 0. The van der Waals surface area contributed by atoms with Gasteiger partial charge in [0.25, 0.3) is 0 Å². The molecule has 0 spiro atoms. The molecule has 0 unspecified atom stereocenters. The van der Waals surface area contributed by atoms with Gasteiger partial charge >= 0.3 is 0 Å². The number of hydrogen-bond acceptors (Lipinski definition) is 1. The van der Waals surface area contributed by atoms with Gasteiger partial charge < -0.3 is 9.55 Å². The molecule has 3 rings (SSSR count). The number of aromatic nitrogens is 2. The van der Waals surface area contributed by atoms with Crippen molar-refractivity contribution in [2.45, 2.75) is 13.5 Å². The highest BCUT2D eigenvalue weighted by Gasteiger charge is 2.09. The first-order valence-corrected chi connectivity index (χ1v) is 7.07. The Balaban J connectivity index is 2.11. The maximum Gasteiger partial charge on any atom is 0.178 e. The lowest BCUT2D eigenvalue weighted by Gasteiger charge is -2.06. The number of H-pyrrole nitrogens is 1. The molecule has 0 aliphatic carbocycles. The van der Waals surface area contributed by atoms with Gasteiger partial charge in [-0.3, -0.25) is 0 Å². The second-order valence-electron chi connectivity index (χ2n) is 4.88. The smallest absolute Gasteiger partial charge is 0.178 e. The lowest BCUT2D eigenvalue weighted by molar-refractivity contribution is 0.620. The molecule has 0 bridgehead atoms. The molecule has 0 amide bonds. The van der Waals surface area contributed by atoms with Gasteiger partial charge in [-0.25, -0.2) is 8.78 Å². The van der Waals surface area contributed by atoms with Gasteiger partial charge in [0, 0.05) is 0 Å². The Kier molecular flexibility index (Phi) is 3.55. The van der Waals surface area contributed by atoms with Crippen molar-refractivity contribution in [2.75, 3.05) is 0 Å². The number of aromatic amines is 1. The number of fused-ring (bicyclic) bond motifs is 1. The number of halogens is 3. The van der Waals surface area contributed by atoms with E-state index in [0.29, 0.717) is 22.4 Å². The molecule has 2 aromatic carbocycles. The standard InChI is InChI=1S/C15H11ClF2N2S/c1-8-4-14-13(6-12(8)18)19-15(21)20(14)7-9-2-3-11(17)10(16)5-9/h2-6H,7H2,1H3,(H,19,21). The molecule has 3 aromatic rings. The van der Waals surface area contributed by atoms with E-state index < -0.39 is 5.82 Å². The lowest BCUT2D eigenvalue weighted by Crippen LogP contribution is -2.00. The Morgan fingerprint density at radius 1 is 1.19 bits per heavy atom. The van der Waals surface area contributed by atoms with Crippen LogP contribution in [-0.4, -0.2) is 9.55 Å². The van der Waals surface area contributed by atoms with E-state index in [0.717, 1.165) is 11.1 Å². The van der Waals surface area contributed by atoms with Gasteiger partial charge in [-0.15, -0.1) is 0 Å². The van der Waals surface area contributed by atoms with Crippen LogP contribution < -0.4 is 0 Å². The lowest BCUT2D eigenvalue weighted by atomic mass is 10.2. The molecule has 0 atom stereocenters. The Bertz CT molecular complexity index is 899. The number of hydrogen-bond donors (Lipinski definition) is 1. The first kappa shape index (κ1) is 14.2. The van der Waals surface area contributed by atoms with Gasteiger partial charge in [0.15, 0.2) is 4.77 Å². The van der Waals surface area contributed by atoms with E-state index >= 15 is 0 Å². The van der Waals surface area contributed by atoms with Crippen LogP contribution in [0, 0.1) is 23.3 Å². The summed E-state index contributed by atoms with van der Waals surface area (Å²) in [5.41, 5.74) is 2.80. The normalized spacial score (nSPS) is 11.2. The van der Waals surface area contributed by atoms with Crippen LogP contribution in [0.1, 0.15) is 11.1 Å². The number of rotatable bonds is 2. The van der Waals surface area contributed by atoms with Crippen molar-refractivity contribution in [3.05, 3.63) is 62.9 Å². The highest BCUT2D eigenvalue weighted by atomic mass is 35.5. The van der Waals surface area contributed by atoms with Crippen molar-refractivity contribution in [3.8, 4) is 0 Å². The quantitative estimate of drug-likeness (QED) is 0.659. The molecule has 1 N–H and O–H groups in total. The molecule has 21 heavy (non-hydrogen) atoms. The molecule has 1 heterocycles. The Morgan fingerprint density at radius 3 is 2.67 bits per heavy atom. The third-order valence-corrected chi connectivity index (χ3v) is 3.99. The second-order valence-corrected chi connectivity index (χ2v) is 5.68. The fourth-order valence-electron chi connectivity index (χ4n) is 2.26. The monoisotopic (exact) mass is 324 g/mol. The van der Waals surface area contributed by atoms with Crippen molar-refractivity contribution in [3.63, 3.8) is 0 Å². The number of nitrogens with one attached hydrogen (secondary N) is 1. The molecule has 1 aromatic heterocycles. The first-order chi connectivity index (χ1) is 9.95. The Hall–Kier alpha value is -1.72. The van der Waals surface area contributed by atoms with Crippen LogP contribution in [0.25, 0.3) is 11.0 Å². The number of imidazole rings is 1. The minimum atomic E-state index is -0.458. The molecule has 0 fully saturated rings. The molecular weight excluding hydrogens is 314 g/mol. The topological polar surface area (TPSA) is 20.7 Å². The zero-order valence-corrected chi connectivity index (χ0v) is 12.7. The zero-order chi connectivity index (χ0) is 15.1. The first-order valence-electron chi connectivity index (χ1n) is 6.28. The minimum Gasteiger partial charge on any atom is -0.330 e. The summed E-state index contributed by atoms with van der Waals surface area (Å²) in [5, 5.41) is 0.0704. The minimum absolute atomic E-state index is 0.0704. The van der Waals surface area contributed by atoms with Crippen LogP contribution in [0.2, 0.25) is 5.02 Å². The van der Waals surface area contributed by atoms with E-state index in [1.165, 1.54) is 12.1 Å². The molecule has 108 valence electrons. The highest BCUT2D eigenvalue weighted by Crippen LogP contribution is 2.22. The average Bonchev–Trinajstić information content (AvgIpc) is 2.71. The van der Waals surface area contributed by atoms with Crippen LogP contribution >= 0.6 is 23.8 Å². The van der Waals surface area contributed by atoms with Gasteiger partial charge in [0.2, 0.25) is 0 Å². The van der Waals surface area contributed by atoms with Gasteiger partial charge in [0.05, 0.1) is 22.6 Å². The fraction of sp³-hybridized carbons (Fsp3) is 0.133. The molecule has 6 heteroatoms. The van der Waals surface area contributed by atoms with Crippen molar-refractivity contribution >= 4 is 34.9 Å². The molecular formula is C15H11ClF2N2S. The summed E-state index contributed by atoms with van der Waals surface area (Å²) in [6.45, 7) is 2.13. The van der Waals surface area contributed by atoms with E-state index in [1.807, 2.05) is 4.57 Å². The highest BCUT2D eigenvalue weighted by molar-refractivity contribution is 7.71. The van der Waals surface area contributed by atoms with E-state index in [1.54, 1.807) is 25.1 Å². The summed E-state index contributed by atoms with van der Waals surface area (Å²) < 4.78 is 29.1. The summed E-state index contributed by atoms with van der Waals surface area (Å²) in [6, 6.07) is 7.70. The summed E-state index contributed by atoms with van der Waals surface area (Å²) in [4.78, 5) is 2.97. The van der Waals surface area contributed by atoms with Crippen molar-refractivity contribution < 1.29 is 8.78 Å². The SMILES string of the molecule is Cc1cc2c(cc1F)[nH]c(=S)n2Cc1ccc(F)c(Cl)c1. The molecule has 0 aliphatic rings. The van der Waals surface area contributed by atoms with Crippen LogP contribution in [0.4, 0.5) is 8.78 Å². The van der Waals surface area contributed by atoms with Crippen molar-refractivity contribution in [1.29, 1.82) is 0 Å². The predicted octanol–water partition coefficient (Wildman–Crippen LogP) is 4.99. The van der Waals surface area contributed by atoms with Gasteiger partial charge in [0.1, 0.15) is 11.6 Å². The molecule has 0 radical (unpaired) electrons. The molecule has 2 nitrogen and oxygen atoms in total. The molecule has 0 aliphatic heterocycles. The average molecular weight is 325 g/mol. The van der Waals surface area contributed by atoms with Crippen LogP contribution in [0.5, 0.6) is 0 Å². The number of nitrogens with zero attached hydrogens (tertiary/aromatic N) is 1. The number of benzene rings is 2. The summed E-state index contributed by atoms with van der Waals surface area (Å²) in [5.74, 6) is -0.739. The van der Waals surface area contributed by atoms with Gasteiger partial charge in [-0.1, -0.05) is 17.7 Å². The van der Waals surface area contributed by atoms with Crippen LogP contribution in [0.15, 0.2) is 30.3 Å². The Morgan fingerprint density at radius 2 is 1.95 bits per heavy atom. The number of aryl methyl sites for hydroxylation is 1. The Labute approximate surface area is 130 Å². The van der Waals surface area contributed by atoms with Crippen LogP contribution in [0.3, 0.4) is 0 Å². The second kappa shape index (κ2) is 5.24.